The second-order valence-corrected chi connectivity index (χ2v) is 6.45. The number of benzene rings is 2. The van der Waals surface area contributed by atoms with Gasteiger partial charge in [0.1, 0.15) is 0 Å². The molecule has 0 aliphatic rings. The predicted molar refractivity (Wildman–Crippen MR) is 106 cm³/mol. The number of ether oxygens (including phenoxy) is 1. The number of nitrogens with one attached hydrogen (secondary N) is 1. The number of carbonyl (C=O) groups excluding carboxylic acids is 1. The van der Waals surface area contributed by atoms with E-state index in [0.717, 1.165) is 30.6 Å². The molecule has 0 fully saturated rings. The maximum Gasteiger partial charge on any atom is 0.412 e. The fraction of sp³-hybridized carbons (Fsp3) is 0.273. The van der Waals surface area contributed by atoms with Crippen LogP contribution in [0.5, 0.6) is 5.75 Å². The maximum atomic E-state index is 12.2. The number of para-hydroxylation sites is 1. The van der Waals surface area contributed by atoms with Gasteiger partial charge in [-0.2, -0.15) is 5.10 Å². The molecule has 0 radical (unpaired) electrons. The topological polar surface area (TPSA) is 56.1 Å². The largest absolute Gasteiger partial charge is 0.412 e. The molecule has 0 unspecified atom stereocenters. The smallest absolute Gasteiger partial charge is 0.407 e. The van der Waals surface area contributed by atoms with Crippen LogP contribution in [0.4, 0.5) is 4.79 Å². The Labute approximate surface area is 160 Å². The van der Waals surface area contributed by atoms with Gasteiger partial charge in [0.15, 0.2) is 5.75 Å². The number of hydrogen-bond donors (Lipinski definition) is 1. The van der Waals surface area contributed by atoms with Gasteiger partial charge in [0.2, 0.25) is 0 Å². The average molecular weight is 363 g/mol. The summed E-state index contributed by atoms with van der Waals surface area (Å²) in [6.45, 7) is 4.69. The van der Waals surface area contributed by atoms with Crippen LogP contribution in [0.15, 0.2) is 60.8 Å². The van der Waals surface area contributed by atoms with Crippen LogP contribution in [0.25, 0.3) is 5.69 Å². The fourth-order valence-electron chi connectivity index (χ4n) is 3.03. The first-order valence-electron chi connectivity index (χ1n) is 9.31. The molecule has 0 aliphatic carbocycles. The van der Waals surface area contributed by atoms with Crippen molar-refractivity contribution in [2.45, 2.75) is 33.1 Å². The molecule has 0 saturated carbocycles. The standard InChI is InChI=1S/C22H25N3O2/c1-3-9-20-21(16-24-25(20)19-12-5-4-6-13-19)27-22(26)23-15-14-18-11-8-7-10-17(18)2/h4-8,10-13,16H,3,9,14-15H2,1-2H3,(H,23,26). The summed E-state index contributed by atoms with van der Waals surface area (Å²) < 4.78 is 7.37. The molecule has 3 aromatic rings. The van der Waals surface area contributed by atoms with Crippen molar-refractivity contribution in [2.24, 2.45) is 0 Å². The molecule has 27 heavy (non-hydrogen) atoms. The Kier molecular flexibility index (Phi) is 6.26. The average Bonchev–Trinajstić information content (AvgIpc) is 3.07. The molecule has 5 nitrogen and oxygen atoms in total. The van der Waals surface area contributed by atoms with E-state index in [1.165, 1.54) is 11.1 Å². The van der Waals surface area contributed by atoms with Crippen LogP contribution < -0.4 is 10.1 Å². The van der Waals surface area contributed by atoms with Gasteiger partial charge < -0.3 is 10.1 Å². The second kappa shape index (κ2) is 9.03. The lowest BCUT2D eigenvalue weighted by molar-refractivity contribution is 0.200. The van der Waals surface area contributed by atoms with Crippen LogP contribution in [0, 0.1) is 6.92 Å². The van der Waals surface area contributed by atoms with Gasteiger partial charge in [-0.1, -0.05) is 55.8 Å². The van der Waals surface area contributed by atoms with Crippen LogP contribution in [-0.4, -0.2) is 22.4 Å². The number of nitrogens with zero attached hydrogens (tertiary/aromatic N) is 2. The van der Waals surface area contributed by atoms with E-state index in [4.69, 9.17) is 4.74 Å². The third-order valence-corrected chi connectivity index (χ3v) is 4.45. The lowest BCUT2D eigenvalue weighted by atomic mass is 10.1. The minimum absolute atomic E-state index is 0.450. The molecule has 0 aliphatic heterocycles. The fourth-order valence-corrected chi connectivity index (χ4v) is 3.03. The van der Waals surface area contributed by atoms with Crippen LogP contribution in [0.1, 0.15) is 30.2 Å². The normalized spacial score (nSPS) is 10.6. The van der Waals surface area contributed by atoms with Crippen LogP contribution in [0.3, 0.4) is 0 Å². The number of hydrogen-bond acceptors (Lipinski definition) is 3. The molecule has 1 heterocycles. The molecule has 5 heteroatoms. The van der Waals surface area contributed by atoms with Gasteiger partial charge in [0.05, 0.1) is 17.6 Å². The number of rotatable bonds is 7. The minimum atomic E-state index is -0.450. The summed E-state index contributed by atoms with van der Waals surface area (Å²) >= 11 is 0. The van der Waals surface area contributed by atoms with Crippen molar-refractivity contribution >= 4 is 6.09 Å². The lowest BCUT2D eigenvalue weighted by Crippen LogP contribution is -2.29. The van der Waals surface area contributed by atoms with E-state index < -0.39 is 6.09 Å². The quantitative estimate of drug-likeness (QED) is 0.674. The zero-order valence-corrected chi connectivity index (χ0v) is 15.8. The Balaban J connectivity index is 1.63. The van der Waals surface area contributed by atoms with Gasteiger partial charge >= 0.3 is 6.09 Å². The van der Waals surface area contributed by atoms with Crippen LogP contribution in [0.2, 0.25) is 0 Å². The molecular weight excluding hydrogens is 338 g/mol. The summed E-state index contributed by atoms with van der Waals surface area (Å²) in [5.41, 5.74) is 4.30. The Morgan fingerprint density at radius 3 is 2.56 bits per heavy atom. The third kappa shape index (κ3) is 4.76. The Morgan fingerprint density at radius 1 is 1.07 bits per heavy atom. The van der Waals surface area contributed by atoms with Crippen molar-refractivity contribution in [3.8, 4) is 11.4 Å². The summed E-state index contributed by atoms with van der Waals surface area (Å²) in [5, 5.41) is 7.24. The molecule has 3 rings (SSSR count). The summed E-state index contributed by atoms with van der Waals surface area (Å²) in [4.78, 5) is 12.2. The molecule has 1 aromatic heterocycles. The monoisotopic (exact) mass is 363 g/mol. The third-order valence-electron chi connectivity index (χ3n) is 4.45. The zero-order valence-electron chi connectivity index (χ0n) is 15.8. The summed E-state index contributed by atoms with van der Waals surface area (Å²) in [7, 11) is 0. The highest BCUT2D eigenvalue weighted by Crippen LogP contribution is 2.23. The van der Waals surface area contributed by atoms with E-state index in [2.05, 4.69) is 36.4 Å². The molecular formula is C22H25N3O2. The Hall–Kier alpha value is -3.08. The van der Waals surface area contributed by atoms with Gasteiger partial charge in [-0.3, -0.25) is 0 Å². The Morgan fingerprint density at radius 2 is 1.81 bits per heavy atom. The van der Waals surface area contributed by atoms with Crippen LogP contribution >= 0.6 is 0 Å². The van der Waals surface area contributed by atoms with E-state index in [-0.39, 0.29) is 0 Å². The molecule has 0 saturated heterocycles. The number of aryl methyl sites for hydroxylation is 1. The SMILES string of the molecule is CCCc1c(OC(=O)NCCc2ccccc2C)cnn1-c1ccccc1. The number of aromatic nitrogens is 2. The summed E-state index contributed by atoms with van der Waals surface area (Å²) in [6, 6.07) is 18.0. The van der Waals surface area contributed by atoms with Gasteiger partial charge in [-0.15, -0.1) is 0 Å². The Bertz CT molecular complexity index is 888. The predicted octanol–water partition coefficient (Wildman–Crippen LogP) is 4.46. The number of carbonyl (C=O) groups is 1. The first kappa shape index (κ1) is 18.7. The van der Waals surface area contributed by atoms with Crippen molar-refractivity contribution in [2.75, 3.05) is 6.54 Å². The molecule has 140 valence electrons. The first-order valence-corrected chi connectivity index (χ1v) is 9.31. The minimum Gasteiger partial charge on any atom is -0.407 e. The van der Waals surface area contributed by atoms with Crippen molar-refractivity contribution in [3.63, 3.8) is 0 Å². The molecule has 2 aromatic carbocycles. The highest BCUT2D eigenvalue weighted by molar-refractivity contribution is 5.70. The maximum absolute atomic E-state index is 12.2. The molecule has 0 bridgehead atoms. The van der Waals surface area contributed by atoms with E-state index in [1.807, 2.05) is 47.1 Å². The first-order chi connectivity index (χ1) is 13.2. The van der Waals surface area contributed by atoms with E-state index in [0.29, 0.717) is 12.3 Å². The van der Waals surface area contributed by atoms with E-state index in [1.54, 1.807) is 6.20 Å². The van der Waals surface area contributed by atoms with Crippen LogP contribution in [-0.2, 0) is 12.8 Å². The molecule has 0 atom stereocenters. The molecule has 0 spiro atoms. The van der Waals surface area contributed by atoms with Crippen molar-refractivity contribution < 1.29 is 9.53 Å². The van der Waals surface area contributed by atoms with Gasteiger partial charge in [-0.05, 0) is 43.0 Å². The summed E-state index contributed by atoms with van der Waals surface area (Å²) in [5.74, 6) is 0.508. The van der Waals surface area contributed by atoms with E-state index >= 15 is 0 Å². The lowest BCUT2D eigenvalue weighted by Gasteiger charge is -2.10. The highest BCUT2D eigenvalue weighted by atomic mass is 16.6. The molecule has 1 amide bonds. The van der Waals surface area contributed by atoms with Gasteiger partial charge in [0, 0.05) is 6.54 Å². The van der Waals surface area contributed by atoms with Gasteiger partial charge in [0.25, 0.3) is 0 Å². The van der Waals surface area contributed by atoms with Crippen molar-refractivity contribution in [3.05, 3.63) is 77.6 Å². The van der Waals surface area contributed by atoms with Gasteiger partial charge in [-0.25, -0.2) is 9.48 Å². The number of amides is 1. The summed E-state index contributed by atoms with van der Waals surface area (Å²) in [6.07, 6.45) is 3.64. The highest BCUT2D eigenvalue weighted by Gasteiger charge is 2.15. The van der Waals surface area contributed by atoms with E-state index in [9.17, 15) is 4.79 Å². The molecule has 1 N–H and O–H groups in total. The zero-order chi connectivity index (χ0) is 19.1. The van der Waals surface area contributed by atoms with Crippen molar-refractivity contribution in [1.82, 2.24) is 15.1 Å². The second-order valence-electron chi connectivity index (χ2n) is 6.45. The van der Waals surface area contributed by atoms with Crippen molar-refractivity contribution in [1.29, 1.82) is 0 Å².